The van der Waals surface area contributed by atoms with Gasteiger partial charge in [-0.05, 0) is 63.5 Å². The lowest BCUT2D eigenvalue weighted by Gasteiger charge is -2.28. The fraction of sp³-hybridized carbons (Fsp3) is 1.00. The second-order valence-electron chi connectivity index (χ2n) is 9.47. The molecule has 0 bridgehead atoms. The Morgan fingerprint density at radius 3 is 1.31 bits per heavy atom. The SMILES string of the molecule is CC1CCCCCCC1NCCCCCCNC1CCCCCCC1C. The number of rotatable bonds is 9. The van der Waals surface area contributed by atoms with Crippen molar-refractivity contribution in [2.24, 2.45) is 11.8 Å². The molecule has 2 N–H and O–H groups in total. The molecular formula is C24H48N2. The highest BCUT2D eigenvalue weighted by molar-refractivity contribution is 4.77. The molecule has 0 aromatic rings. The van der Waals surface area contributed by atoms with Gasteiger partial charge in [0.1, 0.15) is 0 Å². The fourth-order valence-corrected chi connectivity index (χ4v) is 5.12. The Hall–Kier alpha value is -0.0800. The quantitative estimate of drug-likeness (QED) is 0.460. The van der Waals surface area contributed by atoms with E-state index in [1.54, 1.807) is 0 Å². The van der Waals surface area contributed by atoms with Crippen molar-refractivity contribution in [3.63, 3.8) is 0 Å². The van der Waals surface area contributed by atoms with Gasteiger partial charge in [0.15, 0.2) is 0 Å². The molecule has 154 valence electrons. The van der Waals surface area contributed by atoms with Crippen molar-refractivity contribution < 1.29 is 0 Å². The maximum Gasteiger partial charge on any atom is 0.00926 e. The largest absolute Gasteiger partial charge is 0.314 e. The predicted octanol–water partition coefficient (Wildman–Crippen LogP) is 6.44. The van der Waals surface area contributed by atoms with Crippen molar-refractivity contribution in [2.75, 3.05) is 13.1 Å². The van der Waals surface area contributed by atoms with Crippen molar-refractivity contribution in [1.29, 1.82) is 0 Å². The van der Waals surface area contributed by atoms with Gasteiger partial charge in [0.25, 0.3) is 0 Å². The van der Waals surface area contributed by atoms with Crippen LogP contribution in [-0.4, -0.2) is 25.2 Å². The first-order valence-corrected chi connectivity index (χ1v) is 12.2. The topological polar surface area (TPSA) is 24.1 Å². The number of hydrogen-bond donors (Lipinski definition) is 2. The van der Waals surface area contributed by atoms with Gasteiger partial charge in [-0.1, -0.05) is 78.1 Å². The predicted molar refractivity (Wildman–Crippen MR) is 116 cm³/mol. The van der Waals surface area contributed by atoms with Crippen molar-refractivity contribution in [3.8, 4) is 0 Å². The van der Waals surface area contributed by atoms with E-state index < -0.39 is 0 Å². The lowest BCUT2D eigenvalue weighted by Crippen LogP contribution is -2.36. The van der Waals surface area contributed by atoms with Gasteiger partial charge >= 0.3 is 0 Å². The molecule has 0 saturated heterocycles. The molecule has 2 aliphatic rings. The van der Waals surface area contributed by atoms with Crippen LogP contribution < -0.4 is 10.6 Å². The van der Waals surface area contributed by atoms with Gasteiger partial charge in [-0.2, -0.15) is 0 Å². The third-order valence-electron chi connectivity index (χ3n) is 7.14. The summed E-state index contributed by atoms with van der Waals surface area (Å²) in [4.78, 5) is 0. The number of hydrogen-bond acceptors (Lipinski definition) is 2. The van der Waals surface area contributed by atoms with Crippen LogP contribution in [0.25, 0.3) is 0 Å². The molecular weight excluding hydrogens is 316 g/mol. The van der Waals surface area contributed by atoms with Crippen LogP contribution in [0.1, 0.15) is 117 Å². The van der Waals surface area contributed by atoms with Crippen molar-refractivity contribution >= 4 is 0 Å². The van der Waals surface area contributed by atoms with Gasteiger partial charge in [-0.3, -0.25) is 0 Å². The van der Waals surface area contributed by atoms with Gasteiger partial charge in [-0.25, -0.2) is 0 Å². The minimum Gasteiger partial charge on any atom is -0.314 e. The molecule has 26 heavy (non-hydrogen) atoms. The van der Waals surface area contributed by atoms with Crippen LogP contribution in [0.3, 0.4) is 0 Å². The van der Waals surface area contributed by atoms with Crippen molar-refractivity contribution in [3.05, 3.63) is 0 Å². The fourth-order valence-electron chi connectivity index (χ4n) is 5.12. The van der Waals surface area contributed by atoms with E-state index in [-0.39, 0.29) is 0 Å². The van der Waals surface area contributed by atoms with Crippen LogP contribution >= 0.6 is 0 Å². The number of nitrogens with one attached hydrogen (secondary N) is 2. The molecule has 0 amide bonds. The first-order chi connectivity index (χ1) is 12.8. The summed E-state index contributed by atoms with van der Waals surface area (Å²) >= 11 is 0. The van der Waals surface area contributed by atoms with E-state index in [0.29, 0.717) is 0 Å². The highest BCUT2D eigenvalue weighted by atomic mass is 14.9. The second kappa shape index (κ2) is 14.0. The van der Waals surface area contributed by atoms with Gasteiger partial charge in [0.2, 0.25) is 0 Å². The van der Waals surface area contributed by atoms with E-state index in [9.17, 15) is 0 Å². The molecule has 2 heteroatoms. The van der Waals surface area contributed by atoms with Crippen LogP contribution in [0.5, 0.6) is 0 Å². The monoisotopic (exact) mass is 364 g/mol. The molecule has 0 heterocycles. The number of unbranched alkanes of at least 4 members (excludes halogenated alkanes) is 3. The molecule has 0 spiro atoms. The van der Waals surface area contributed by atoms with E-state index in [4.69, 9.17) is 0 Å². The molecule has 4 atom stereocenters. The average molecular weight is 365 g/mol. The van der Waals surface area contributed by atoms with Gasteiger partial charge in [0.05, 0.1) is 0 Å². The highest BCUT2D eigenvalue weighted by Crippen LogP contribution is 2.23. The van der Waals surface area contributed by atoms with Crippen LogP contribution in [0.15, 0.2) is 0 Å². The first kappa shape index (κ1) is 22.2. The maximum absolute atomic E-state index is 3.88. The van der Waals surface area contributed by atoms with Gasteiger partial charge in [-0.15, -0.1) is 0 Å². The molecule has 0 aromatic heterocycles. The van der Waals surface area contributed by atoms with E-state index >= 15 is 0 Å². The van der Waals surface area contributed by atoms with Gasteiger partial charge < -0.3 is 10.6 Å². The minimum atomic E-state index is 0.790. The Bertz CT molecular complexity index is 298. The summed E-state index contributed by atoms with van der Waals surface area (Å²) in [6.45, 7) is 7.40. The first-order valence-electron chi connectivity index (χ1n) is 12.2. The van der Waals surface area contributed by atoms with Crippen LogP contribution in [0.4, 0.5) is 0 Å². The van der Waals surface area contributed by atoms with Crippen LogP contribution in [0, 0.1) is 11.8 Å². The van der Waals surface area contributed by atoms with E-state index in [1.165, 1.54) is 116 Å². The summed E-state index contributed by atoms with van der Waals surface area (Å²) in [5.41, 5.74) is 0. The molecule has 4 unspecified atom stereocenters. The summed E-state index contributed by atoms with van der Waals surface area (Å²) in [7, 11) is 0. The third-order valence-corrected chi connectivity index (χ3v) is 7.14. The lowest BCUT2D eigenvalue weighted by molar-refractivity contribution is 0.297. The molecule has 2 fully saturated rings. The Labute approximate surface area is 164 Å². The zero-order valence-corrected chi connectivity index (χ0v) is 18.0. The Kier molecular flexibility index (Phi) is 12.0. The molecule has 0 radical (unpaired) electrons. The molecule has 2 rings (SSSR count). The molecule has 2 aliphatic carbocycles. The molecule has 2 saturated carbocycles. The normalized spacial score (nSPS) is 31.6. The van der Waals surface area contributed by atoms with Crippen LogP contribution in [0.2, 0.25) is 0 Å². The van der Waals surface area contributed by atoms with Crippen molar-refractivity contribution in [1.82, 2.24) is 10.6 Å². The second-order valence-corrected chi connectivity index (χ2v) is 9.47. The zero-order valence-electron chi connectivity index (χ0n) is 18.0. The highest BCUT2D eigenvalue weighted by Gasteiger charge is 2.18. The summed E-state index contributed by atoms with van der Waals surface area (Å²) < 4.78 is 0. The smallest absolute Gasteiger partial charge is 0.00926 e. The summed E-state index contributed by atoms with van der Waals surface area (Å²) in [5, 5.41) is 7.77. The van der Waals surface area contributed by atoms with Crippen molar-refractivity contribution in [2.45, 2.75) is 129 Å². The van der Waals surface area contributed by atoms with Gasteiger partial charge in [0, 0.05) is 12.1 Å². The van der Waals surface area contributed by atoms with E-state index in [0.717, 1.165) is 23.9 Å². The summed E-state index contributed by atoms with van der Waals surface area (Å²) in [6.07, 6.45) is 22.8. The Morgan fingerprint density at radius 2 is 0.885 bits per heavy atom. The third kappa shape index (κ3) is 9.22. The van der Waals surface area contributed by atoms with E-state index in [2.05, 4.69) is 24.5 Å². The summed E-state index contributed by atoms with van der Waals surface area (Å²) in [5.74, 6) is 1.76. The zero-order chi connectivity index (χ0) is 18.5. The molecule has 0 aromatic carbocycles. The summed E-state index contributed by atoms with van der Waals surface area (Å²) in [6, 6.07) is 1.58. The molecule has 2 nitrogen and oxygen atoms in total. The van der Waals surface area contributed by atoms with E-state index in [1.807, 2.05) is 0 Å². The molecule has 0 aliphatic heterocycles. The maximum atomic E-state index is 3.88. The standard InChI is InChI=1S/C24H48N2/c1-21-15-9-3-5-11-17-23(21)25-19-13-7-8-14-20-26-24-18-12-6-4-10-16-22(24)2/h21-26H,3-20H2,1-2H3. The minimum absolute atomic E-state index is 0.790. The Balaban J connectivity index is 1.46. The van der Waals surface area contributed by atoms with Crippen LogP contribution in [-0.2, 0) is 0 Å². The average Bonchev–Trinajstić information content (AvgIpc) is 2.61. The lowest BCUT2D eigenvalue weighted by atomic mass is 9.88. The Morgan fingerprint density at radius 1 is 0.500 bits per heavy atom.